The molecule has 0 heterocycles. The summed E-state index contributed by atoms with van der Waals surface area (Å²) in [6, 6.07) is 5.39. The monoisotopic (exact) mass is 343 g/mol. The van der Waals surface area contributed by atoms with Crippen molar-refractivity contribution in [2.45, 2.75) is 33.2 Å². The highest BCUT2D eigenvalue weighted by Gasteiger charge is 2.14. The molecule has 0 spiro atoms. The minimum absolute atomic E-state index is 0.0969. The fraction of sp³-hybridized carbons (Fsp3) is 0.533. The summed E-state index contributed by atoms with van der Waals surface area (Å²) in [6.07, 6.45) is 0.881. The van der Waals surface area contributed by atoms with Gasteiger partial charge in [-0.3, -0.25) is 4.79 Å². The van der Waals surface area contributed by atoms with Crippen LogP contribution in [0.15, 0.2) is 18.2 Å². The van der Waals surface area contributed by atoms with E-state index in [9.17, 15) is 4.79 Å². The fourth-order valence-electron chi connectivity index (χ4n) is 1.71. The predicted molar refractivity (Wildman–Crippen MR) is 84.1 cm³/mol. The van der Waals surface area contributed by atoms with Gasteiger partial charge in [-0.2, -0.15) is 0 Å². The van der Waals surface area contributed by atoms with Gasteiger partial charge in [0.1, 0.15) is 0 Å². The van der Waals surface area contributed by atoms with Crippen LogP contribution in [0.5, 0.6) is 11.5 Å². The lowest BCUT2D eigenvalue weighted by Gasteiger charge is -2.15. The number of carbonyl (C=O) groups excluding carboxylic acids is 1. The van der Waals surface area contributed by atoms with E-state index in [1.54, 1.807) is 18.2 Å². The molecular weight excluding hydrogens is 322 g/mol. The second-order valence-corrected chi connectivity index (χ2v) is 4.91. The number of benzene rings is 1. The number of nitrogens with one attached hydrogen (secondary N) is 1. The maximum Gasteiger partial charge on any atom is 0.251 e. The van der Waals surface area contributed by atoms with E-state index in [2.05, 4.69) is 21.2 Å². The Kier molecular flexibility index (Phi) is 7.44. The van der Waals surface area contributed by atoms with Crippen LogP contribution >= 0.6 is 15.9 Å². The van der Waals surface area contributed by atoms with Crippen molar-refractivity contribution in [3.63, 3.8) is 0 Å². The molecule has 0 aliphatic rings. The summed E-state index contributed by atoms with van der Waals surface area (Å²) in [5.74, 6) is 1.17. The van der Waals surface area contributed by atoms with Crippen molar-refractivity contribution in [3.05, 3.63) is 23.8 Å². The Bertz CT molecular complexity index is 433. The maximum absolute atomic E-state index is 12.2. The van der Waals surface area contributed by atoms with E-state index < -0.39 is 0 Å². The van der Waals surface area contributed by atoms with Gasteiger partial charge in [-0.05, 0) is 38.5 Å². The van der Waals surface area contributed by atoms with E-state index in [1.165, 1.54) is 0 Å². The van der Waals surface area contributed by atoms with Crippen LogP contribution in [0.25, 0.3) is 0 Å². The van der Waals surface area contributed by atoms with Crippen LogP contribution in [0.4, 0.5) is 0 Å². The molecule has 0 fully saturated rings. The fourth-order valence-corrected chi connectivity index (χ4v) is 2.33. The molecule has 0 aliphatic heterocycles. The number of hydrogen-bond acceptors (Lipinski definition) is 3. The molecule has 1 rings (SSSR count). The van der Waals surface area contributed by atoms with E-state index >= 15 is 0 Å². The lowest BCUT2D eigenvalue weighted by Crippen LogP contribution is -2.35. The minimum atomic E-state index is -0.0969. The van der Waals surface area contributed by atoms with Crippen LogP contribution in [0.3, 0.4) is 0 Å². The molecule has 5 heteroatoms. The number of halogens is 1. The Balaban J connectivity index is 2.89. The molecule has 1 amide bonds. The molecule has 4 nitrogen and oxygen atoms in total. The number of alkyl halides is 1. The highest BCUT2D eigenvalue weighted by Crippen LogP contribution is 2.28. The zero-order valence-corrected chi connectivity index (χ0v) is 13.8. The topological polar surface area (TPSA) is 47.6 Å². The molecule has 20 heavy (non-hydrogen) atoms. The molecule has 1 aromatic carbocycles. The first-order valence-corrected chi connectivity index (χ1v) is 8.04. The van der Waals surface area contributed by atoms with Crippen molar-refractivity contribution >= 4 is 21.8 Å². The van der Waals surface area contributed by atoms with E-state index in [0.29, 0.717) is 30.3 Å². The van der Waals surface area contributed by atoms with Crippen LogP contribution in [0.1, 0.15) is 37.6 Å². The first-order chi connectivity index (χ1) is 9.65. The van der Waals surface area contributed by atoms with Crippen LogP contribution in [0, 0.1) is 0 Å². The van der Waals surface area contributed by atoms with E-state index in [-0.39, 0.29) is 11.9 Å². The summed E-state index contributed by atoms with van der Waals surface area (Å²) in [5.41, 5.74) is 0.580. The molecule has 0 radical (unpaired) electrons. The Hall–Kier alpha value is -1.23. The quantitative estimate of drug-likeness (QED) is 0.736. The molecule has 1 aromatic rings. The standard InChI is InChI=1S/C15H22BrNO3/c1-4-12(10-16)17-15(18)11-7-8-13(19-5-2)14(9-11)20-6-3/h7-9,12H,4-6,10H2,1-3H3,(H,17,18). The van der Waals surface area contributed by atoms with Gasteiger partial charge in [-0.1, -0.05) is 22.9 Å². The lowest BCUT2D eigenvalue weighted by molar-refractivity contribution is 0.0939. The molecule has 0 aromatic heterocycles. The van der Waals surface area contributed by atoms with Crippen LogP contribution in [0.2, 0.25) is 0 Å². The molecule has 1 atom stereocenters. The Morgan fingerprint density at radius 3 is 2.40 bits per heavy atom. The maximum atomic E-state index is 12.2. The SMILES string of the molecule is CCOc1ccc(C(=O)NC(CC)CBr)cc1OCC. The number of carbonyl (C=O) groups is 1. The van der Waals surface area contributed by atoms with Crippen LogP contribution in [-0.2, 0) is 0 Å². The summed E-state index contributed by atoms with van der Waals surface area (Å²) in [7, 11) is 0. The van der Waals surface area contributed by atoms with Gasteiger partial charge >= 0.3 is 0 Å². The molecule has 0 saturated heterocycles. The van der Waals surface area contributed by atoms with E-state index in [0.717, 1.165) is 11.8 Å². The van der Waals surface area contributed by atoms with E-state index in [1.807, 2.05) is 20.8 Å². The summed E-state index contributed by atoms with van der Waals surface area (Å²) >= 11 is 3.39. The average Bonchev–Trinajstić information content (AvgIpc) is 2.46. The van der Waals surface area contributed by atoms with Gasteiger partial charge in [0.05, 0.1) is 13.2 Å². The largest absolute Gasteiger partial charge is 0.490 e. The summed E-state index contributed by atoms with van der Waals surface area (Å²) < 4.78 is 11.0. The van der Waals surface area contributed by atoms with Gasteiger partial charge in [-0.15, -0.1) is 0 Å². The second-order valence-electron chi connectivity index (χ2n) is 4.26. The van der Waals surface area contributed by atoms with E-state index in [4.69, 9.17) is 9.47 Å². The zero-order chi connectivity index (χ0) is 15.0. The molecule has 0 bridgehead atoms. The third-order valence-corrected chi connectivity index (χ3v) is 3.60. The van der Waals surface area contributed by atoms with Gasteiger partial charge < -0.3 is 14.8 Å². The summed E-state index contributed by atoms with van der Waals surface area (Å²) in [6.45, 7) is 6.95. The predicted octanol–water partition coefficient (Wildman–Crippen LogP) is 3.39. The number of ether oxygens (including phenoxy) is 2. The third kappa shape index (κ3) is 4.71. The van der Waals surface area contributed by atoms with Crippen molar-refractivity contribution in [1.82, 2.24) is 5.32 Å². The highest BCUT2D eigenvalue weighted by atomic mass is 79.9. The first-order valence-electron chi connectivity index (χ1n) is 6.92. The van der Waals surface area contributed by atoms with Crippen molar-refractivity contribution < 1.29 is 14.3 Å². The molecule has 0 saturated carbocycles. The summed E-state index contributed by atoms with van der Waals surface area (Å²) in [5, 5.41) is 3.71. The van der Waals surface area contributed by atoms with Crippen molar-refractivity contribution in [2.24, 2.45) is 0 Å². The van der Waals surface area contributed by atoms with Crippen LogP contribution in [-0.4, -0.2) is 30.5 Å². The van der Waals surface area contributed by atoms with Crippen molar-refractivity contribution in [2.75, 3.05) is 18.5 Å². The second kappa shape index (κ2) is 8.84. The average molecular weight is 344 g/mol. The normalized spacial score (nSPS) is 11.8. The van der Waals surface area contributed by atoms with Gasteiger partial charge in [0.2, 0.25) is 0 Å². The molecule has 1 N–H and O–H groups in total. The Labute approximate surface area is 129 Å². The molecule has 112 valence electrons. The Morgan fingerprint density at radius 1 is 1.20 bits per heavy atom. The van der Waals surface area contributed by atoms with Crippen molar-refractivity contribution in [3.8, 4) is 11.5 Å². The van der Waals surface area contributed by atoms with Gasteiger partial charge in [-0.25, -0.2) is 0 Å². The zero-order valence-electron chi connectivity index (χ0n) is 12.2. The number of rotatable bonds is 8. The molecule has 1 unspecified atom stereocenters. The number of amides is 1. The van der Waals surface area contributed by atoms with Gasteiger partial charge in [0, 0.05) is 16.9 Å². The first kappa shape index (κ1) is 16.8. The highest BCUT2D eigenvalue weighted by molar-refractivity contribution is 9.09. The van der Waals surface area contributed by atoms with Crippen LogP contribution < -0.4 is 14.8 Å². The lowest BCUT2D eigenvalue weighted by atomic mass is 10.1. The van der Waals surface area contributed by atoms with Crippen molar-refractivity contribution in [1.29, 1.82) is 0 Å². The summed E-state index contributed by atoms with van der Waals surface area (Å²) in [4.78, 5) is 12.2. The van der Waals surface area contributed by atoms with Gasteiger partial charge in [0.25, 0.3) is 5.91 Å². The smallest absolute Gasteiger partial charge is 0.251 e. The molecular formula is C15H22BrNO3. The minimum Gasteiger partial charge on any atom is -0.490 e. The Morgan fingerprint density at radius 2 is 1.85 bits per heavy atom. The number of hydrogen-bond donors (Lipinski definition) is 1. The van der Waals surface area contributed by atoms with Gasteiger partial charge in [0.15, 0.2) is 11.5 Å². The molecule has 0 aliphatic carbocycles. The third-order valence-electron chi connectivity index (χ3n) is 2.82.